The van der Waals surface area contributed by atoms with Gasteiger partial charge in [-0.15, -0.1) is 0 Å². The van der Waals surface area contributed by atoms with Crippen LogP contribution in [0.4, 0.5) is 0 Å². The van der Waals surface area contributed by atoms with E-state index in [9.17, 15) is 4.79 Å². The van der Waals surface area contributed by atoms with Gasteiger partial charge in [-0.2, -0.15) is 0 Å². The Morgan fingerprint density at radius 3 is 2.35 bits per heavy atom. The molecule has 2 nitrogen and oxygen atoms in total. The minimum atomic E-state index is -0.344. The molecular formula is C15H26O2. The number of rotatable bonds is 2. The maximum Gasteiger partial charge on any atom is 0.138 e. The Kier molecular flexibility index (Phi) is 2.74. The van der Waals surface area contributed by atoms with Crippen LogP contribution < -0.4 is 0 Å². The van der Waals surface area contributed by atoms with E-state index >= 15 is 0 Å². The van der Waals surface area contributed by atoms with E-state index in [4.69, 9.17) is 4.74 Å². The highest BCUT2D eigenvalue weighted by molar-refractivity contribution is 5.82. The monoisotopic (exact) mass is 238 g/mol. The highest BCUT2D eigenvalue weighted by atomic mass is 16.5. The van der Waals surface area contributed by atoms with Crippen LogP contribution in [0.2, 0.25) is 0 Å². The predicted octanol–water partition coefficient (Wildman–Crippen LogP) is 3.59. The zero-order valence-corrected chi connectivity index (χ0v) is 12.1. The topological polar surface area (TPSA) is 26.3 Å². The minimum Gasteiger partial charge on any atom is -0.370 e. The third kappa shape index (κ3) is 1.68. The van der Waals surface area contributed by atoms with E-state index in [0.717, 1.165) is 6.42 Å². The molecule has 0 amide bonds. The van der Waals surface area contributed by atoms with E-state index in [2.05, 4.69) is 20.8 Å². The van der Waals surface area contributed by atoms with Crippen molar-refractivity contribution in [1.29, 1.82) is 0 Å². The van der Waals surface area contributed by atoms with Crippen LogP contribution in [0.1, 0.15) is 60.8 Å². The predicted molar refractivity (Wildman–Crippen MR) is 68.9 cm³/mol. The summed E-state index contributed by atoms with van der Waals surface area (Å²) >= 11 is 0. The van der Waals surface area contributed by atoms with Crippen molar-refractivity contribution in [2.45, 2.75) is 72.5 Å². The van der Waals surface area contributed by atoms with Crippen molar-refractivity contribution in [3.05, 3.63) is 0 Å². The van der Waals surface area contributed by atoms with Crippen molar-refractivity contribution in [2.75, 3.05) is 0 Å². The molecule has 1 aliphatic heterocycles. The molecule has 3 atom stereocenters. The van der Waals surface area contributed by atoms with Gasteiger partial charge >= 0.3 is 0 Å². The molecule has 2 fully saturated rings. The summed E-state index contributed by atoms with van der Waals surface area (Å²) in [5.41, 5.74) is -0.146. The summed E-state index contributed by atoms with van der Waals surface area (Å²) in [5, 5.41) is 0. The van der Waals surface area contributed by atoms with Gasteiger partial charge in [0.05, 0.1) is 11.7 Å². The lowest BCUT2D eigenvalue weighted by Crippen LogP contribution is -2.44. The number of ketones is 1. The Balaban J connectivity index is 2.24. The van der Waals surface area contributed by atoms with Crippen molar-refractivity contribution in [2.24, 2.45) is 16.7 Å². The highest BCUT2D eigenvalue weighted by Gasteiger charge is 2.60. The SMILES string of the molecule is CC(=O)C(C)(C)[C@@H]1C[C@@H]2CCC(C)(C)[C@@]2(C)O1. The van der Waals surface area contributed by atoms with Gasteiger partial charge in [0.25, 0.3) is 0 Å². The molecule has 0 unspecified atom stereocenters. The number of carbonyl (C=O) groups excluding carboxylic acids is 1. The molecule has 1 heterocycles. The first-order valence-electron chi connectivity index (χ1n) is 6.80. The molecule has 2 aliphatic rings. The molecule has 98 valence electrons. The number of fused-ring (bicyclic) bond motifs is 1. The van der Waals surface area contributed by atoms with Crippen LogP contribution in [-0.4, -0.2) is 17.5 Å². The van der Waals surface area contributed by atoms with Crippen molar-refractivity contribution < 1.29 is 9.53 Å². The van der Waals surface area contributed by atoms with Gasteiger partial charge in [0.15, 0.2) is 0 Å². The Labute approximate surface area is 105 Å². The van der Waals surface area contributed by atoms with E-state index in [1.54, 1.807) is 6.92 Å². The fourth-order valence-corrected chi connectivity index (χ4v) is 3.48. The minimum absolute atomic E-state index is 0.0373. The zero-order valence-electron chi connectivity index (χ0n) is 12.1. The lowest BCUT2D eigenvalue weighted by molar-refractivity contribution is -0.148. The summed E-state index contributed by atoms with van der Waals surface area (Å²) in [5.74, 6) is 0.866. The van der Waals surface area contributed by atoms with Crippen LogP contribution in [0, 0.1) is 16.7 Å². The van der Waals surface area contributed by atoms with Gasteiger partial charge < -0.3 is 4.74 Å². The molecule has 2 heteroatoms. The highest BCUT2D eigenvalue weighted by Crippen LogP contribution is 2.59. The molecule has 1 saturated heterocycles. The van der Waals surface area contributed by atoms with Crippen molar-refractivity contribution in [3.8, 4) is 0 Å². The second kappa shape index (κ2) is 3.57. The molecule has 1 aliphatic carbocycles. The lowest BCUT2D eigenvalue weighted by Gasteiger charge is -2.40. The first kappa shape index (κ1) is 13.1. The van der Waals surface area contributed by atoms with Gasteiger partial charge in [0, 0.05) is 5.41 Å². The molecule has 0 radical (unpaired) electrons. The number of hydrogen-bond acceptors (Lipinski definition) is 2. The van der Waals surface area contributed by atoms with Crippen LogP contribution in [0.25, 0.3) is 0 Å². The standard InChI is InChI=1S/C15H26O2/c1-10(16)14(4,5)12-9-11-7-8-13(2,3)15(11,6)17-12/h11-12H,7-9H2,1-6H3/t11-,12-,15-/m0/s1. The molecule has 0 aromatic carbocycles. The molecule has 0 aromatic heterocycles. The Hall–Kier alpha value is -0.370. The third-order valence-corrected chi connectivity index (χ3v) is 5.84. The summed E-state index contributed by atoms with van der Waals surface area (Å²) in [6.45, 7) is 12.6. The van der Waals surface area contributed by atoms with E-state index in [0.29, 0.717) is 5.92 Å². The molecule has 0 aromatic rings. The largest absolute Gasteiger partial charge is 0.370 e. The Morgan fingerprint density at radius 1 is 1.29 bits per heavy atom. The fourth-order valence-electron chi connectivity index (χ4n) is 3.48. The first-order valence-corrected chi connectivity index (χ1v) is 6.80. The van der Waals surface area contributed by atoms with Crippen LogP contribution in [0.3, 0.4) is 0 Å². The lowest BCUT2D eigenvalue weighted by atomic mass is 9.75. The number of Topliss-reactive ketones (excluding diaryl/α,β-unsaturated/α-hetero) is 1. The normalized spacial score (nSPS) is 40.4. The molecule has 17 heavy (non-hydrogen) atoms. The Morgan fingerprint density at radius 2 is 1.88 bits per heavy atom. The van der Waals surface area contributed by atoms with E-state index < -0.39 is 0 Å². The van der Waals surface area contributed by atoms with Crippen molar-refractivity contribution in [1.82, 2.24) is 0 Å². The number of ether oxygens (including phenoxy) is 1. The van der Waals surface area contributed by atoms with Crippen LogP contribution in [0.5, 0.6) is 0 Å². The van der Waals surface area contributed by atoms with Crippen LogP contribution >= 0.6 is 0 Å². The summed E-state index contributed by atoms with van der Waals surface area (Å²) in [6.07, 6.45) is 3.62. The second-order valence-corrected chi connectivity index (χ2v) is 7.35. The maximum atomic E-state index is 11.8. The van der Waals surface area contributed by atoms with Gasteiger partial charge in [0.2, 0.25) is 0 Å². The summed E-state index contributed by atoms with van der Waals surface area (Å²) < 4.78 is 6.39. The quantitative estimate of drug-likeness (QED) is 0.735. The average molecular weight is 238 g/mol. The van der Waals surface area contributed by atoms with Gasteiger partial charge in [-0.1, -0.05) is 27.7 Å². The van der Waals surface area contributed by atoms with Gasteiger partial charge in [-0.3, -0.25) is 4.79 Å². The summed E-state index contributed by atoms with van der Waals surface area (Å²) in [7, 11) is 0. The second-order valence-electron chi connectivity index (χ2n) is 7.35. The van der Waals surface area contributed by atoms with E-state index in [-0.39, 0.29) is 28.3 Å². The van der Waals surface area contributed by atoms with Crippen molar-refractivity contribution >= 4 is 5.78 Å². The molecule has 1 saturated carbocycles. The third-order valence-electron chi connectivity index (χ3n) is 5.84. The molecule has 0 bridgehead atoms. The van der Waals surface area contributed by atoms with Gasteiger partial charge in [0.1, 0.15) is 5.78 Å². The average Bonchev–Trinajstić information content (AvgIpc) is 2.63. The van der Waals surface area contributed by atoms with Crippen molar-refractivity contribution in [3.63, 3.8) is 0 Å². The molecular weight excluding hydrogens is 212 g/mol. The first-order chi connectivity index (χ1) is 7.61. The van der Waals surface area contributed by atoms with E-state index in [1.165, 1.54) is 12.8 Å². The Bertz CT molecular complexity index is 343. The molecule has 0 N–H and O–H groups in total. The van der Waals surface area contributed by atoms with Gasteiger partial charge in [-0.25, -0.2) is 0 Å². The summed E-state index contributed by atoms with van der Waals surface area (Å²) in [6, 6.07) is 0. The fraction of sp³-hybridized carbons (Fsp3) is 0.933. The van der Waals surface area contributed by atoms with E-state index in [1.807, 2.05) is 13.8 Å². The maximum absolute atomic E-state index is 11.8. The van der Waals surface area contributed by atoms with Crippen LogP contribution in [0.15, 0.2) is 0 Å². The molecule has 0 spiro atoms. The summed E-state index contributed by atoms with van der Waals surface area (Å²) in [4.78, 5) is 11.8. The number of hydrogen-bond donors (Lipinski definition) is 0. The molecule has 2 rings (SSSR count). The smallest absolute Gasteiger partial charge is 0.138 e. The van der Waals surface area contributed by atoms with Gasteiger partial charge in [-0.05, 0) is 44.4 Å². The zero-order chi connectivity index (χ0) is 13.1. The number of carbonyl (C=O) groups is 1. The van der Waals surface area contributed by atoms with Crippen LogP contribution in [-0.2, 0) is 9.53 Å².